The summed E-state index contributed by atoms with van der Waals surface area (Å²) in [5, 5.41) is 3.51. The summed E-state index contributed by atoms with van der Waals surface area (Å²) in [7, 11) is 0. The van der Waals surface area contributed by atoms with Crippen molar-refractivity contribution in [2.45, 2.75) is 38.3 Å². The molecule has 1 aromatic rings. The van der Waals surface area contributed by atoms with Crippen molar-refractivity contribution in [1.29, 1.82) is 0 Å². The molecule has 0 aromatic heterocycles. The minimum atomic E-state index is 0.711. The van der Waals surface area contributed by atoms with E-state index in [2.05, 4.69) is 55.9 Å². The van der Waals surface area contributed by atoms with Gasteiger partial charge in [-0.25, -0.2) is 0 Å². The fourth-order valence-electron chi connectivity index (χ4n) is 1.80. The molecule has 1 aliphatic carbocycles. The van der Waals surface area contributed by atoms with Crippen LogP contribution in [-0.2, 0) is 6.54 Å². The van der Waals surface area contributed by atoms with Crippen LogP contribution in [0.15, 0.2) is 33.7 Å². The highest BCUT2D eigenvalue weighted by molar-refractivity contribution is 9.11. The zero-order valence-corrected chi connectivity index (χ0v) is 14.1. The van der Waals surface area contributed by atoms with E-state index in [4.69, 9.17) is 4.74 Å². The number of nitrogens with one attached hydrogen (secondary N) is 1. The molecular formula is C15H19Br2NO. The van der Waals surface area contributed by atoms with Crippen molar-refractivity contribution >= 4 is 31.9 Å². The molecule has 1 aromatic carbocycles. The Morgan fingerprint density at radius 3 is 2.58 bits per heavy atom. The highest BCUT2D eigenvalue weighted by Gasteiger charge is 2.20. The number of hydrogen-bond donors (Lipinski definition) is 1. The maximum absolute atomic E-state index is 5.80. The Morgan fingerprint density at radius 1 is 1.32 bits per heavy atom. The lowest BCUT2D eigenvalue weighted by Gasteiger charge is -2.12. The molecular weight excluding hydrogens is 370 g/mol. The third-order valence-electron chi connectivity index (χ3n) is 3.03. The first kappa shape index (κ1) is 15.1. The Kier molecular flexibility index (Phi) is 5.92. The van der Waals surface area contributed by atoms with Gasteiger partial charge in [0.2, 0.25) is 0 Å². The van der Waals surface area contributed by atoms with Crippen LogP contribution in [0.3, 0.4) is 0 Å². The fourth-order valence-corrected chi connectivity index (χ4v) is 3.31. The minimum Gasteiger partial charge on any atom is -0.491 e. The van der Waals surface area contributed by atoms with Gasteiger partial charge in [0.15, 0.2) is 0 Å². The van der Waals surface area contributed by atoms with Crippen LogP contribution in [0.1, 0.15) is 31.2 Å². The molecule has 0 spiro atoms. The molecule has 4 heteroatoms. The molecule has 1 aliphatic rings. The Labute approximate surface area is 131 Å². The average molecular weight is 389 g/mol. The SMILES string of the molecule is C=CCCCOc1c(Br)cc(CNC2CC2)cc1Br. The topological polar surface area (TPSA) is 21.3 Å². The van der Waals surface area contributed by atoms with Gasteiger partial charge in [-0.05, 0) is 75.2 Å². The Balaban J connectivity index is 1.92. The highest BCUT2D eigenvalue weighted by atomic mass is 79.9. The minimum absolute atomic E-state index is 0.711. The monoisotopic (exact) mass is 387 g/mol. The first-order chi connectivity index (χ1) is 9.20. The van der Waals surface area contributed by atoms with Gasteiger partial charge in [-0.2, -0.15) is 0 Å². The molecule has 104 valence electrons. The van der Waals surface area contributed by atoms with Crippen LogP contribution in [0, 0.1) is 0 Å². The van der Waals surface area contributed by atoms with Gasteiger partial charge in [0, 0.05) is 12.6 Å². The lowest BCUT2D eigenvalue weighted by atomic mass is 10.2. The quantitative estimate of drug-likeness (QED) is 0.509. The van der Waals surface area contributed by atoms with Crippen molar-refractivity contribution in [1.82, 2.24) is 5.32 Å². The fraction of sp³-hybridized carbons (Fsp3) is 0.467. The molecule has 0 amide bonds. The summed E-state index contributed by atoms with van der Waals surface area (Å²) in [5.74, 6) is 0.888. The molecule has 0 aliphatic heterocycles. The van der Waals surface area contributed by atoms with Crippen LogP contribution >= 0.6 is 31.9 Å². The van der Waals surface area contributed by atoms with Crippen molar-refractivity contribution in [3.8, 4) is 5.75 Å². The number of benzene rings is 1. The maximum Gasteiger partial charge on any atom is 0.147 e. The summed E-state index contributed by atoms with van der Waals surface area (Å²) < 4.78 is 7.82. The predicted octanol–water partition coefficient (Wildman–Crippen LogP) is 4.81. The van der Waals surface area contributed by atoms with Gasteiger partial charge in [-0.3, -0.25) is 0 Å². The van der Waals surface area contributed by atoms with E-state index in [1.165, 1.54) is 18.4 Å². The van der Waals surface area contributed by atoms with E-state index >= 15 is 0 Å². The van der Waals surface area contributed by atoms with Crippen molar-refractivity contribution in [3.05, 3.63) is 39.3 Å². The molecule has 0 unspecified atom stereocenters. The predicted molar refractivity (Wildman–Crippen MR) is 86.6 cm³/mol. The molecule has 1 saturated carbocycles. The highest BCUT2D eigenvalue weighted by Crippen LogP contribution is 2.35. The van der Waals surface area contributed by atoms with E-state index in [1.54, 1.807) is 0 Å². The van der Waals surface area contributed by atoms with Gasteiger partial charge in [-0.1, -0.05) is 6.08 Å². The summed E-state index contributed by atoms with van der Waals surface area (Å²) >= 11 is 7.17. The third kappa shape index (κ3) is 4.93. The maximum atomic E-state index is 5.80. The van der Waals surface area contributed by atoms with E-state index < -0.39 is 0 Å². The van der Waals surface area contributed by atoms with Crippen molar-refractivity contribution in [2.75, 3.05) is 6.61 Å². The van der Waals surface area contributed by atoms with Gasteiger partial charge < -0.3 is 10.1 Å². The summed E-state index contributed by atoms with van der Waals surface area (Å²) in [6.07, 6.45) is 6.52. The second-order valence-electron chi connectivity index (χ2n) is 4.82. The zero-order chi connectivity index (χ0) is 13.7. The lowest BCUT2D eigenvalue weighted by Crippen LogP contribution is -2.15. The summed E-state index contributed by atoms with van der Waals surface area (Å²) in [6.45, 7) is 5.34. The van der Waals surface area contributed by atoms with Gasteiger partial charge in [0.05, 0.1) is 15.6 Å². The normalized spacial score (nSPS) is 14.4. The number of rotatable bonds is 8. The summed E-state index contributed by atoms with van der Waals surface area (Å²) in [4.78, 5) is 0. The van der Waals surface area contributed by atoms with Gasteiger partial charge in [0.1, 0.15) is 5.75 Å². The molecule has 0 atom stereocenters. The van der Waals surface area contributed by atoms with Crippen LogP contribution in [0.2, 0.25) is 0 Å². The summed E-state index contributed by atoms with van der Waals surface area (Å²) in [5.41, 5.74) is 1.27. The van der Waals surface area contributed by atoms with Crippen LogP contribution in [0.5, 0.6) is 5.75 Å². The third-order valence-corrected chi connectivity index (χ3v) is 4.21. The Hall–Kier alpha value is -0.320. The standard InChI is InChI=1S/C15H19Br2NO/c1-2-3-4-7-19-15-13(16)8-11(9-14(15)17)10-18-12-5-6-12/h2,8-9,12,18H,1,3-7,10H2. The van der Waals surface area contributed by atoms with Gasteiger partial charge in [0.25, 0.3) is 0 Å². The first-order valence-electron chi connectivity index (χ1n) is 6.65. The number of ether oxygens (including phenoxy) is 1. The number of unbranched alkanes of at least 4 members (excludes halogenated alkanes) is 1. The number of allylic oxidation sites excluding steroid dienone is 1. The van der Waals surface area contributed by atoms with Crippen molar-refractivity contribution in [2.24, 2.45) is 0 Å². The molecule has 1 fully saturated rings. The van der Waals surface area contributed by atoms with E-state index in [9.17, 15) is 0 Å². The molecule has 2 nitrogen and oxygen atoms in total. The second kappa shape index (κ2) is 7.46. The zero-order valence-electron chi connectivity index (χ0n) is 10.9. The largest absolute Gasteiger partial charge is 0.491 e. The van der Waals surface area contributed by atoms with E-state index in [1.807, 2.05) is 6.08 Å². The smallest absolute Gasteiger partial charge is 0.147 e. The van der Waals surface area contributed by atoms with Gasteiger partial charge >= 0.3 is 0 Å². The molecule has 0 bridgehead atoms. The first-order valence-corrected chi connectivity index (χ1v) is 8.24. The molecule has 2 rings (SSSR count). The van der Waals surface area contributed by atoms with E-state index in [-0.39, 0.29) is 0 Å². The van der Waals surface area contributed by atoms with Crippen LogP contribution in [-0.4, -0.2) is 12.6 Å². The Bertz CT molecular complexity index is 421. The van der Waals surface area contributed by atoms with Crippen molar-refractivity contribution in [3.63, 3.8) is 0 Å². The number of halogens is 2. The van der Waals surface area contributed by atoms with E-state index in [0.717, 1.165) is 40.1 Å². The second-order valence-corrected chi connectivity index (χ2v) is 6.53. The van der Waals surface area contributed by atoms with Gasteiger partial charge in [-0.15, -0.1) is 6.58 Å². The van der Waals surface area contributed by atoms with Crippen LogP contribution in [0.25, 0.3) is 0 Å². The molecule has 0 saturated heterocycles. The molecule has 1 N–H and O–H groups in total. The van der Waals surface area contributed by atoms with Crippen molar-refractivity contribution < 1.29 is 4.74 Å². The van der Waals surface area contributed by atoms with Crippen LogP contribution in [0.4, 0.5) is 0 Å². The molecule has 0 radical (unpaired) electrons. The molecule has 0 heterocycles. The Morgan fingerprint density at radius 2 is 2.00 bits per heavy atom. The molecule has 19 heavy (non-hydrogen) atoms. The average Bonchev–Trinajstić information content (AvgIpc) is 3.18. The number of hydrogen-bond acceptors (Lipinski definition) is 2. The van der Waals surface area contributed by atoms with Crippen LogP contribution < -0.4 is 10.1 Å². The summed E-state index contributed by atoms with van der Waals surface area (Å²) in [6, 6.07) is 4.98. The lowest BCUT2D eigenvalue weighted by molar-refractivity contribution is 0.308. The van der Waals surface area contributed by atoms with E-state index in [0.29, 0.717) is 6.61 Å².